The second-order valence-electron chi connectivity index (χ2n) is 4.55. The number of sulfonamides is 1. The van der Waals surface area contributed by atoms with Crippen molar-refractivity contribution in [2.45, 2.75) is 11.4 Å². The molecule has 0 amide bonds. The number of esters is 1. The van der Waals surface area contributed by atoms with Crippen molar-refractivity contribution in [3.8, 4) is 0 Å². The van der Waals surface area contributed by atoms with Crippen LogP contribution in [0.2, 0.25) is 5.02 Å². The largest absolute Gasteiger partial charge is 0.465 e. The Hall–Kier alpha value is -1.41. The summed E-state index contributed by atoms with van der Waals surface area (Å²) in [7, 11) is -2.72. The molecule has 0 bridgehead atoms. The number of carbonyl (C=O) groups is 1. The summed E-state index contributed by atoms with van der Waals surface area (Å²) in [6.07, 6.45) is 0. The van der Waals surface area contributed by atoms with Crippen LogP contribution >= 0.6 is 27.5 Å². The van der Waals surface area contributed by atoms with Gasteiger partial charge in [0, 0.05) is 16.0 Å². The molecule has 2 aromatic rings. The lowest BCUT2D eigenvalue weighted by Gasteiger charge is -2.11. The van der Waals surface area contributed by atoms with Crippen LogP contribution < -0.4 is 4.72 Å². The fourth-order valence-corrected chi connectivity index (χ4v) is 3.64. The van der Waals surface area contributed by atoms with Crippen molar-refractivity contribution in [1.29, 1.82) is 0 Å². The van der Waals surface area contributed by atoms with E-state index in [4.69, 9.17) is 11.6 Å². The molecule has 2 aromatic carbocycles. The van der Waals surface area contributed by atoms with Gasteiger partial charge in [-0.1, -0.05) is 45.7 Å². The Morgan fingerprint density at radius 3 is 2.61 bits per heavy atom. The van der Waals surface area contributed by atoms with Gasteiger partial charge < -0.3 is 4.74 Å². The van der Waals surface area contributed by atoms with E-state index in [1.807, 2.05) is 0 Å². The van der Waals surface area contributed by atoms with Gasteiger partial charge in [0.25, 0.3) is 0 Å². The van der Waals surface area contributed by atoms with Crippen molar-refractivity contribution < 1.29 is 17.9 Å². The molecule has 5 nitrogen and oxygen atoms in total. The van der Waals surface area contributed by atoms with Crippen molar-refractivity contribution in [2.24, 2.45) is 0 Å². The SMILES string of the molecule is COC(=O)c1cc(Br)ccc1S(=O)(=O)NCc1ccccc1Cl. The van der Waals surface area contributed by atoms with E-state index in [1.54, 1.807) is 24.3 Å². The Morgan fingerprint density at radius 1 is 1.26 bits per heavy atom. The number of methoxy groups -OCH3 is 1. The zero-order chi connectivity index (χ0) is 17.0. The van der Waals surface area contributed by atoms with Crippen molar-refractivity contribution in [3.05, 3.63) is 63.1 Å². The van der Waals surface area contributed by atoms with Gasteiger partial charge in [-0.25, -0.2) is 17.9 Å². The highest BCUT2D eigenvalue weighted by atomic mass is 79.9. The van der Waals surface area contributed by atoms with Gasteiger partial charge in [0.15, 0.2) is 0 Å². The number of carbonyl (C=O) groups excluding carboxylic acids is 1. The predicted molar refractivity (Wildman–Crippen MR) is 91.0 cm³/mol. The van der Waals surface area contributed by atoms with Crippen LogP contribution in [-0.4, -0.2) is 21.5 Å². The Labute approximate surface area is 147 Å². The molecule has 0 aromatic heterocycles. The lowest BCUT2D eigenvalue weighted by Crippen LogP contribution is -2.25. The van der Waals surface area contributed by atoms with E-state index in [-0.39, 0.29) is 17.0 Å². The average molecular weight is 419 g/mol. The molecule has 0 fully saturated rings. The van der Waals surface area contributed by atoms with E-state index < -0.39 is 16.0 Å². The second-order valence-corrected chi connectivity index (χ2v) is 7.61. The van der Waals surface area contributed by atoms with Crippen molar-refractivity contribution in [3.63, 3.8) is 0 Å². The minimum Gasteiger partial charge on any atom is -0.465 e. The third-order valence-electron chi connectivity index (χ3n) is 3.05. The Morgan fingerprint density at radius 2 is 1.96 bits per heavy atom. The zero-order valence-corrected chi connectivity index (χ0v) is 15.2. The summed E-state index contributed by atoms with van der Waals surface area (Å²) in [5, 5.41) is 0.458. The minimum atomic E-state index is -3.91. The van der Waals surface area contributed by atoms with Crippen molar-refractivity contribution in [1.82, 2.24) is 4.72 Å². The summed E-state index contributed by atoms with van der Waals surface area (Å²) in [5.41, 5.74) is 0.586. The third-order valence-corrected chi connectivity index (χ3v) is 5.37. The molecule has 0 aliphatic heterocycles. The van der Waals surface area contributed by atoms with Crippen LogP contribution in [-0.2, 0) is 21.3 Å². The Kier molecular flexibility index (Phi) is 5.80. The monoisotopic (exact) mass is 417 g/mol. The van der Waals surface area contributed by atoms with Gasteiger partial charge in [0.2, 0.25) is 10.0 Å². The molecule has 0 saturated carbocycles. The van der Waals surface area contributed by atoms with Crippen LogP contribution in [0, 0.1) is 0 Å². The molecule has 23 heavy (non-hydrogen) atoms. The fourth-order valence-electron chi connectivity index (χ4n) is 1.90. The lowest BCUT2D eigenvalue weighted by atomic mass is 10.2. The van der Waals surface area contributed by atoms with Crippen LogP contribution in [0.4, 0.5) is 0 Å². The smallest absolute Gasteiger partial charge is 0.339 e. The predicted octanol–water partition coefficient (Wildman–Crippen LogP) is 3.37. The van der Waals surface area contributed by atoms with Crippen molar-refractivity contribution >= 4 is 43.5 Å². The van der Waals surface area contributed by atoms with Crippen LogP contribution in [0.1, 0.15) is 15.9 Å². The van der Waals surface area contributed by atoms with E-state index in [2.05, 4.69) is 25.4 Å². The van der Waals surface area contributed by atoms with Gasteiger partial charge in [0.05, 0.1) is 17.6 Å². The third kappa shape index (κ3) is 4.32. The van der Waals surface area contributed by atoms with Crippen molar-refractivity contribution in [2.75, 3.05) is 7.11 Å². The molecule has 0 aliphatic rings. The molecule has 2 rings (SSSR count). The van der Waals surface area contributed by atoms with Gasteiger partial charge in [-0.3, -0.25) is 0 Å². The average Bonchev–Trinajstić information content (AvgIpc) is 2.53. The number of ether oxygens (including phenoxy) is 1. The number of hydrogen-bond acceptors (Lipinski definition) is 4. The maximum absolute atomic E-state index is 12.5. The molecule has 0 heterocycles. The first-order chi connectivity index (χ1) is 10.8. The minimum absolute atomic E-state index is 0.0126. The molecule has 0 spiro atoms. The standard InChI is InChI=1S/C15H13BrClNO4S/c1-22-15(19)12-8-11(16)6-7-14(12)23(20,21)18-9-10-4-2-3-5-13(10)17/h2-8,18H,9H2,1H3. The summed E-state index contributed by atoms with van der Waals surface area (Å²) < 4.78 is 32.6. The topological polar surface area (TPSA) is 72.5 Å². The van der Waals surface area contributed by atoms with E-state index in [1.165, 1.54) is 25.3 Å². The molecule has 0 atom stereocenters. The second kappa shape index (κ2) is 7.44. The van der Waals surface area contributed by atoms with Gasteiger partial charge >= 0.3 is 5.97 Å². The molecule has 8 heteroatoms. The highest BCUT2D eigenvalue weighted by molar-refractivity contribution is 9.10. The number of rotatable bonds is 5. The summed E-state index contributed by atoms with van der Waals surface area (Å²) >= 11 is 9.21. The molecule has 0 unspecified atom stereocenters. The maximum Gasteiger partial charge on any atom is 0.339 e. The zero-order valence-electron chi connectivity index (χ0n) is 12.0. The van der Waals surface area contributed by atoms with Crippen LogP contribution in [0.15, 0.2) is 51.8 Å². The quantitative estimate of drug-likeness (QED) is 0.756. The number of hydrogen-bond donors (Lipinski definition) is 1. The molecule has 122 valence electrons. The van der Waals surface area contributed by atoms with Gasteiger partial charge in [0.1, 0.15) is 0 Å². The molecule has 1 N–H and O–H groups in total. The normalized spacial score (nSPS) is 11.3. The van der Waals surface area contributed by atoms with E-state index in [0.29, 0.717) is 15.1 Å². The van der Waals surface area contributed by atoms with E-state index in [0.717, 1.165) is 0 Å². The molecule has 0 saturated heterocycles. The Balaban J connectivity index is 2.33. The summed E-state index contributed by atoms with van der Waals surface area (Å²) in [5.74, 6) is -0.732. The van der Waals surface area contributed by atoms with E-state index in [9.17, 15) is 13.2 Å². The maximum atomic E-state index is 12.5. The first-order valence-electron chi connectivity index (χ1n) is 6.46. The number of halogens is 2. The molecular weight excluding hydrogens is 406 g/mol. The fraction of sp³-hybridized carbons (Fsp3) is 0.133. The lowest BCUT2D eigenvalue weighted by molar-refractivity contribution is 0.0596. The van der Waals surface area contributed by atoms with Gasteiger partial charge in [-0.2, -0.15) is 0 Å². The van der Waals surface area contributed by atoms with Crippen LogP contribution in [0.25, 0.3) is 0 Å². The van der Waals surface area contributed by atoms with Crippen LogP contribution in [0.3, 0.4) is 0 Å². The highest BCUT2D eigenvalue weighted by Crippen LogP contribution is 2.22. The first kappa shape index (κ1) is 17.9. The molecule has 0 aliphatic carbocycles. The number of nitrogens with one attached hydrogen (secondary N) is 1. The summed E-state index contributed by atoms with van der Waals surface area (Å²) in [6, 6.07) is 11.2. The molecular formula is C15H13BrClNO4S. The van der Waals surface area contributed by atoms with Gasteiger partial charge in [-0.15, -0.1) is 0 Å². The molecule has 0 radical (unpaired) electrons. The summed E-state index contributed by atoms with van der Waals surface area (Å²) in [6.45, 7) is 0.0126. The Bertz CT molecular complexity index is 839. The highest BCUT2D eigenvalue weighted by Gasteiger charge is 2.23. The number of benzene rings is 2. The summed E-state index contributed by atoms with van der Waals surface area (Å²) in [4.78, 5) is 11.7. The van der Waals surface area contributed by atoms with Gasteiger partial charge in [-0.05, 0) is 29.8 Å². The first-order valence-corrected chi connectivity index (χ1v) is 9.11. The van der Waals surface area contributed by atoms with E-state index >= 15 is 0 Å². The van der Waals surface area contributed by atoms with Crippen LogP contribution in [0.5, 0.6) is 0 Å².